The van der Waals surface area contributed by atoms with E-state index < -0.39 is 0 Å². The first kappa shape index (κ1) is 20.8. The molecule has 2 aliphatic heterocycles. The Kier molecular flexibility index (Phi) is 5.04. The van der Waals surface area contributed by atoms with Gasteiger partial charge in [0.1, 0.15) is 6.04 Å². The van der Waals surface area contributed by atoms with Gasteiger partial charge in [-0.1, -0.05) is 6.07 Å². The third-order valence-corrected chi connectivity index (χ3v) is 7.03. The van der Waals surface area contributed by atoms with Crippen LogP contribution in [0.1, 0.15) is 64.0 Å². The molecule has 1 fully saturated rings. The molecule has 0 aromatic carbocycles. The van der Waals surface area contributed by atoms with Crippen LogP contribution in [0.2, 0.25) is 0 Å². The topological polar surface area (TPSA) is 95.3 Å². The van der Waals surface area contributed by atoms with Crippen molar-refractivity contribution in [2.75, 3.05) is 24.5 Å². The number of rotatable bonds is 3. The maximum absolute atomic E-state index is 13.1. The van der Waals surface area contributed by atoms with Gasteiger partial charge >= 0.3 is 0 Å². The highest BCUT2D eigenvalue weighted by molar-refractivity contribution is 5.95. The van der Waals surface area contributed by atoms with Crippen molar-refractivity contribution in [2.24, 2.45) is 0 Å². The van der Waals surface area contributed by atoms with Crippen LogP contribution < -0.4 is 4.90 Å². The van der Waals surface area contributed by atoms with Crippen LogP contribution in [-0.4, -0.2) is 60.0 Å². The number of H-pyrrole nitrogens is 1. The molecule has 1 saturated heterocycles. The van der Waals surface area contributed by atoms with E-state index in [9.17, 15) is 4.79 Å². The normalized spacial score (nSPS) is 18.4. The number of nitrogens with one attached hydrogen (secondary N) is 1. The molecule has 0 spiro atoms. The molecule has 9 heteroatoms. The van der Waals surface area contributed by atoms with Gasteiger partial charge in [-0.25, -0.2) is 19.5 Å². The molecule has 34 heavy (non-hydrogen) atoms. The number of anilines is 1. The minimum atomic E-state index is -0.211. The van der Waals surface area contributed by atoms with Crippen LogP contribution in [0.15, 0.2) is 36.9 Å². The Bertz CT molecular complexity index is 1370. The molecule has 6 heterocycles. The maximum Gasteiger partial charge on any atom is 0.257 e. The molecule has 1 atom stereocenters. The Morgan fingerprint density at radius 1 is 1.12 bits per heavy atom. The predicted molar refractivity (Wildman–Crippen MR) is 128 cm³/mol. The summed E-state index contributed by atoms with van der Waals surface area (Å²) in [4.78, 5) is 34.6. The van der Waals surface area contributed by atoms with Gasteiger partial charge in [-0.2, -0.15) is 5.10 Å². The van der Waals surface area contributed by atoms with E-state index in [1.807, 2.05) is 28.6 Å². The van der Waals surface area contributed by atoms with E-state index in [1.54, 1.807) is 12.5 Å². The zero-order chi connectivity index (χ0) is 23.2. The number of hydrogen-bond donors (Lipinski definition) is 1. The first-order valence-corrected chi connectivity index (χ1v) is 12.0. The van der Waals surface area contributed by atoms with E-state index in [0.717, 1.165) is 61.5 Å². The van der Waals surface area contributed by atoms with Gasteiger partial charge in [0.15, 0.2) is 0 Å². The molecule has 0 saturated carbocycles. The lowest BCUT2D eigenvalue weighted by Crippen LogP contribution is -2.38. The lowest BCUT2D eigenvalue weighted by Gasteiger charge is -2.34. The smallest absolute Gasteiger partial charge is 0.257 e. The Morgan fingerprint density at radius 3 is 2.76 bits per heavy atom. The largest absolute Gasteiger partial charge is 0.348 e. The molecule has 1 amide bonds. The maximum atomic E-state index is 13.1. The first-order valence-electron chi connectivity index (χ1n) is 12.0. The summed E-state index contributed by atoms with van der Waals surface area (Å²) in [6.45, 7) is 6.33. The summed E-state index contributed by atoms with van der Waals surface area (Å²) in [7, 11) is 0. The standard InChI is InChI=1S/C25H28N8O/c1-16-7-6-11-33-21(16)13-20(30-33)23-22-19(27-15-28-22)8-12-32(23)25-26-14-18(17(2)29-25)24(34)31-9-4-3-5-10-31/h6-7,11,13-15,23H,3-5,8-10,12H2,1-2H3,(H,27,28)/t23-/m0/s1. The second-order valence-corrected chi connectivity index (χ2v) is 9.22. The van der Waals surface area contributed by atoms with E-state index in [0.29, 0.717) is 17.2 Å². The van der Waals surface area contributed by atoms with Gasteiger partial charge in [0.05, 0.1) is 34.5 Å². The van der Waals surface area contributed by atoms with E-state index in [1.165, 1.54) is 12.0 Å². The fourth-order valence-electron chi connectivity index (χ4n) is 5.17. The van der Waals surface area contributed by atoms with Crippen LogP contribution in [0, 0.1) is 13.8 Å². The van der Waals surface area contributed by atoms with Crippen LogP contribution in [0.5, 0.6) is 0 Å². The zero-order valence-corrected chi connectivity index (χ0v) is 19.5. The van der Waals surface area contributed by atoms with Crippen molar-refractivity contribution >= 4 is 17.4 Å². The van der Waals surface area contributed by atoms with Crippen molar-refractivity contribution in [2.45, 2.75) is 45.6 Å². The van der Waals surface area contributed by atoms with E-state index in [2.05, 4.69) is 38.9 Å². The molecule has 2 aliphatic rings. The average molecular weight is 457 g/mol. The Labute approximate surface area is 197 Å². The molecule has 174 valence electrons. The Hall–Kier alpha value is -3.75. The van der Waals surface area contributed by atoms with E-state index in [4.69, 9.17) is 10.1 Å². The Morgan fingerprint density at radius 2 is 1.97 bits per heavy atom. The van der Waals surface area contributed by atoms with Gasteiger partial charge in [-0.05, 0) is 50.8 Å². The summed E-state index contributed by atoms with van der Waals surface area (Å²) in [5.74, 6) is 0.629. The van der Waals surface area contributed by atoms with Gasteiger partial charge in [0.2, 0.25) is 5.95 Å². The number of imidazole rings is 1. The van der Waals surface area contributed by atoms with Crippen molar-refractivity contribution in [3.05, 3.63) is 70.8 Å². The number of carbonyl (C=O) groups excluding carboxylic acids is 1. The number of hydrogen-bond acceptors (Lipinski definition) is 6. The fourth-order valence-corrected chi connectivity index (χ4v) is 5.17. The average Bonchev–Trinajstić information content (AvgIpc) is 3.51. The SMILES string of the molecule is Cc1nc(N2CCc3[nH]cnc3[C@@H]2c2cc3c(C)cccn3n2)ncc1C(=O)N1CCCCC1. The number of amides is 1. The van der Waals surface area contributed by atoms with Crippen molar-refractivity contribution < 1.29 is 4.79 Å². The molecule has 4 aromatic heterocycles. The predicted octanol–water partition coefficient (Wildman–Crippen LogP) is 3.24. The number of aryl methyl sites for hydroxylation is 2. The highest BCUT2D eigenvalue weighted by Gasteiger charge is 2.35. The molecule has 0 unspecified atom stereocenters. The molecular weight excluding hydrogens is 428 g/mol. The summed E-state index contributed by atoms with van der Waals surface area (Å²) < 4.78 is 1.91. The third kappa shape index (κ3) is 3.43. The molecular formula is C25H28N8O. The molecule has 6 rings (SSSR count). The number of carbonyl (C=O) groups is 1. The number of pyridine rings is 1. The van der Waals surface area contributed by atoms with Crippen LogP contribution in [0.3, 0.4) is 0 Å². The van der Waals surface area contributed by atoms with Crippen molar-refractivity contribution in [1.29, 1.82) is 0 Å². The summed E-state index contributed by atoms with van der Waals surface area (Å²) >= 11 is 0. The van der Waals surface area contributed by atoms with Crippen LogP contribution in [-0.2, 0) is 6.42 Å². The lowest BCUT2D eigenvalue weighted by molar-refractivity contribution is 0.0722. The number of piperidine rings is 1. The number of likely N-dealkylation sites (tertiary alicyclic amines) is 1. The van der Waals surface area contributed by atoms with Gasteiger partial charge in [0.25, 0.3) is 5.91 Å². The van der Waals surface area contributed by atoms with Gasteiger partial charge in [-0.3, -0.25) is 4.79 Å². The summed E-state index contributed by atoms with van der Waals surface area (Å²) in [6, 6.07) is 6.00. The van der Waals surface area contributed by atoms with Crippen molar-refractivity contribution in [3.8, 4) is 0 Å². The highest BCUT2D eigenvalue weighted by Crippen LogP contribution is 2.35. The van der Waals surface area contributed by atoms with Gasteiger partial charge < -0.3 is 14.8 Å². The summed E-state index contributed by atoms with van der Waals surface area (Å²) in [6.07, 6.45) is 9.52. The number of fused-ring (bicyclic) bond motifs is 2. The van der Waals surface area contributed by atoms with E-state index >= 15 is 0 Å². The molecule has 4 aromatic rings. The summed E-state index contributed by atoms with van der Waals surface area (Å²) in [5.41, 5.74) is 6.49. The van der Waals surface area contributed by atoms with Crippen molar-refractivity contribution in [3.63, 3.8) is 0 Å². The minimum absolute atomic E-state index is 0.0318. The molecule has 0 radical (unpaired) electrons. The van der Waals surface area contributed by atoms with Crippen LogP contribution in [0.4, 0.5) is 5.95 Å². The monoisotopic (exact) mass is 456 g/mol. The quantitative estimate of drug-likeness (QED) is 0.509. The van der Waals surface area contributed by atoms with Gasteiger partial charge in [-0.15, -0.1) is 0 Å². The molecule has 1 N–H and O–H groups in total. The third-order valence-electron chi connectivity index (χ3n) is 7.03. The molecule has 0 aliphatic carbocycles. The lowest BCUT2D eigenvalue weighted by atomic mass is 10.00. The van der Waals surface area contributed by atoms with Gasteiger partial charge in [0, 0.05) is 44.1 Å². The minimum Gasteiger partial charge on any atom is -0.348 e. The van der Waals surface area contributed by atoms with Crippen LogP contribution >= 0.6 is 0 Å². The molecule has 0 bridgehead atoms. The van der Waals surface area contributed by atoms with Crippen LogP contribution in [0.25, 0.3) is 5.52 Å². The zero-order valence-electron chi connectivity index (χ0n) is 19.5. The fraction of sp³-hybridized carbons (Fsp3) is 0.400. The second-order valence-electron chi connectivity index (χ2n) is 9.22. The Balaban J connectivity index is 1.38. The second kappa shape index (κ2) is 8.23. The number of aromatic amines is 1. The van der Waals surface area contributed by atoms with E-state index in [-0.39, 0.29) is 11.9 Å². The highest BCUT2D eigenvalue weighted by atomic mass is 16.2. The summed E-state index contributed by atoms with van der Waals surface area (Å²) in [5, 5.41) is 4.89. The number of nitrogens with zero attached hydrogens (tertiary/aromatic N) is 7. The number of aromatic nitrogens is 6. The van der Waals surface area contributed by atoms with Crippen molar-refractivity contribution in [1.82, 2.24) is 34.4 Å². The molecule has 9 nitrogen and oxygen atoms in total. The first-order chi connectivity index (χ1) is 16.6.